The van der Waals surface area contributed by atoms with Crippen LogP contribution in [0.4, 0.5) is 5.82 Å². The largest absolute Gasteiger partial charge is 0.392 e. The number of aliphatic hydroxyl groups is 1. The summed E-state index contributed by atoms with van der Waals surface area (Å²) in [5.74, 6) is 6.52. The number of nitrogen functional groups attached to an aromatic ring is 1. The molecule has 1 unspecified atom stereocenters. The highest BCUT2D eigenvalue weighted by molar-refractivity contribution is 6.31. The molecular formula is C24H24ClN3O2. The molecule has 1 aromatic heterocycles. The third kappa shape index (κ3) is 5.58. The van der Waals surface area contributed by atoms with Crippen LogP contribution >= 0.6 is 11.6 Å². The van der Waals surface area contributed by atoms with Crippen LogP contribution in [0.1, 0.15) is 41.3 Å². The molecule has 3 aromatic rings. The van der Waals surface area contributed by atoms with Gasteiger partial charge in [0.1, 0.15) is 5.82 Å². The Balaban J connectivity index is 1.72. The number of nitrogens with two attached hydrogens (primary N) is 1. The van der Waals surface area contributed by atoms with E-state index in [0.29, 0.717) is 41.4 Å². The Morgan fingerprint density at radius 3 is 2.73 bits per heavy atom. The predicted octanol–water partition coefficient (Wildman–Crippen LogP) is 3.80. The quantitative estimate of drug-likeness (QED) is 0.399. The van der Waals surface area contributed by atoms with Gasteiger partial charge in [-0.2, -0.15) is 0 Å². The summed E-state index contributed by atoms with van der Waals surface area (Å²) in [4.78, 5) is 16.5. The Morgan fingerprint density at radius 2 is 2.00 bits per heavy atom. The lowest BCUT2D eigenvalue weighted by atomic mass is 10.0. The Kier molecular flexibility index (Phi) is 7.42. The first-order valence-corrected chi connectivity index (χ1v) is 10.2. The zero-order valence-corrected chi connectivity index (χ0v) is 17.5. The minimum Gasteiger partial charge on any atom is -0.392 e. The average Bonchev–Trinajstić information content (AvgIpc) is 2.75. The van der Waals surface area contributed by atoms with Crippen LogP contribution in [0.3, 0.4) is 0 Å². The Labute approximate surface area is 181 Å². The number of carbonyl (C=O) groups excluding carboxylic acids is 1. The monoisotopic (exact) mass is 421 g/mol. The van der Waals surface area contributed by atoms with Crippen LogP contribution in [-0.2, 0) is 0 Å². The molecule has 4 N–H and O–H groups in total. The number of Topliss-reactive ketones (excluding diaryl/α,β-unsaturated/α-hetero) is 1. The number of halogens is 1. The maximum Gasteiger partial charge on any atom is 0.162 e. The van der Waals surface area contributed by atoms with Crippen molar-refractivity contribution in [3.8, 4) is 11.8 Å². The van der Waals surface area contributed by atoms with E-state index in [1.807, 2.05) is 19.1 Å². The summed E-state index contributed by atoms with van der Waals surface area (Å²) in [6.07, 6.45) is 1.91. The average molecular weight is 422 g/mol. The maximum absolute atomic E-state index is 12.3. The van der Waals surface area contributed by atoms with Gasteiger partial charge in [0.2, 0.25) is 0 Å². The molecule has 154 valence electrons. The van der Waals surface area contributed by atoms with E-state index < -0.39 is 6.10 Å². The van der Waals surface area contributed by atoms with Crippen LogP contribution in [0.25, 0.3) is 10.8 Å². The normalized spacial score (nSPS) is 11.7. The summed E-state index contributed by atoms with van der Waals surface area (Å²) >= 11 is 6.12. The van der Waals surface area contributed by atoms with Crippen molar-refractivity contribution >= 4 is 34.0 Å². The molecular weight excluding hydrogens is 398 g/mol. The van der Waals surface area contributed by atoms with Gasteiger partial charge in [-0.05, 0) is 37.2 Å². The number of nitrogens with zero attached hydrogens (tertiary/aromatic N) is 1. The van der Waals surface area contributed by atoms with Crippen molar-refractivity contribution in [2.75, 3.05) is 18.8 Å². The molecule has 3 rings (SSSR count). The number of anilines is 1. The molecule has 0 aliphatic heterocycles. The van der Waals surface area contributed by atoms with Gasteiger partial charge < -0.3 is 16.2 Å². The van der Waals surface area contributed by atoms with E-state index in [4.69, 9.17) is 17.3 Å². The van der Waals surface area contributed by atoms with E-state index in [-0.39, 0.29) is 5.78 Å². The molecule has 0 aliphatic rings. The first-order chi connectivity index (χ1) is 14.5. The molecule has 6 heteroatoms. The van der Waals surface area contributed by atoms with Crippen LogP contribution in [0.15, 0.2) is 48.7 Å². The lowest BCUT2D eigenvalue weighted by molar-refractivity contribution is 0.0940. The fourth-order valence-corrected chi connectivity index (χ4v) is 3.23. The van der Waals surface area contributed by atoms with Gasteiger partial charge in [0.25, 0.3) is 0 Å². The summed E-state index contributed by atoms with van der Waals surface area (Å²) in [7, 11) is 0. The van der Waals surface area contributed by atoms with Gasteiger partial charge in [0.15, 0.2) is 5.78 Å². The molecule has 0 aliphatic carbocycles. The van der Waals surface area contributed by atoms with E-state index in [2.05, 4.69) is 22.1 Å². The number of aromatic nitrogens is 1. The third-order valence-electron chi connectivity index (χ3n) is 4.76. The maximum atomic E-state index is 12.3. The van der Waals surface area contributed by atoms with Crippen molar-refractivity contribution in [2.24, 2.45) is 0 Å². The number of rotatable bonds is 7. The van der Waals surface area contributed by atoms with Crippen molar-refractivity contribution in [3.05, 3.63) is 70.4 Å². The number of fused-ring (bicyclic) bond motifs is 1. The minimum atomic E-state index is -0.521. The second-order valence-corrected chi connectivity index (χ2v) is 7.44. The van der Waals surface area contributed by atoms with Gasteiger partial charge in [-0.1, -0.05) is 48.6 Å². The van der Waals surface area contributed by atoms with Gasteiger partial charge in [-0.25, -0.2) is 4.98 Å². The second-order valence-electron chi connectivity index (χ2n) is 7.00. The number of hydrogen-bond donors (Lipinski definition) is 3. The lowest BCUT2D eigenvalue weighted by Crippen LogP contribution is -2.26. The summed E-state index contributed by atoms with van der Waals surface area (Å²) in [5.41, 5.74) is 8.02. The number of ketones is 1. The van der Waals surface area contributed by atoms with Gasteiger partial charge in [0, 0.05) is 46.1 Å². The number of benzene rings is 2. The molecule has 1 heterocycles. The molecule has 0 saturated carbocycles. The SMILES string of the molecule is CCNCC(O)CCC(=O)c1ccc(C#Cc2c(N)ncc3ccc(Cl)cc23)cc1. The molecule has 0 bridgehead atoms. The highest BCUT2D eigenvalue weighted by Gasteiger charge is 2.10. The zero-order chi connectivity index (χ0) is 21.5. The number of pyridine rings is 1. The first-order valence-electron chi connectivity index (χ1n) is 9.85. The fourth-order valence-electron chi connectivity index (χ4n) is 3.06. The van der Waals surface area contributed by atoms with Crippen molar-refractivity contribution in [2.45, 2.75) is 25.9 Å². The second kappa shape index (κ2) is 10.2. The molecule has 0 fully saturated rings. The molecule has 0 saturated heterocycles. The molecule has 2 aromatic carbocycles. The summed E-state index contributed by atoms with van der Waals surface area (Å²) in [6.45, 7) is 3.26. The minimum absolute atomic E-state index is 0.00203. The molecule has 0 spiro atoms. The number of carbonyl (C=O) groups is 1. The Hall–Kier alpha value is -2.91. The van der Waals surface area contributed by atoms with Crippen LogP contribution in [-0.4, -0.2) is 35.1 Å². The molecule has 0 amide bonds. The number of nitrogens with one attached hydrogen (secondary N) is 1. The molecule has 0 radical (unpaired) electrons. The van der Waals surface area contributed by atoms with Crippen molar-refractivity contribution in [3.63, 3.8) is 0 Å². The zero-order valence-electron chi connectivity index (χ0n) is 16.8. The van der Waals surface area contributed by atoms with E-state index in [0.717, 1.165) is 22.9 Å². The van der Waals surface area contributed by atoms with Crippen LogP contribution < -0.4 is 11.1 Å². The Bertz CT molecular complexity index is 1100. The van der Waals surface area contributed by atoms with Crippen molar-refractivity contribution < 1.29 is 9.90 Å². The number of likely N-dealkylation sites (N-methyl/N-ethyl adjacent to an activating group) is 1. The highest BCUT2D eigenvalue weighted by Crippen LogP contribution is 2.24. The van der Waals surface area contributed by atoms with E-state index >= 15 is 0 Å². The van der Waals surface area contributed by atoms with Crippen molar-refractivity contribution in [1.29, 1.82) is 0 Å². The van der Waals surface area contributed by atoms with E-state index in [9.17, 15) is 9.90 Å². The van der Waals surface area contributed by atoms with E-state index in [1.165, 1.54) is 0 Å². The van der Waals surface area contributed by atoms with Gasteiger partial charge >= 0.3 is 0 Å². The summed E-state index contributed by atoms with van der Waals surface area (Å²) in [6, 6.07) is 12.6. The topological polar surface area (TPSA) is 88.2 Å². The standard InChI is InChI=1S/C24H24ClN3O2/c1-2-27-15-20(29)10-12-23(30)17-6-3-16(4-7-17)5-11-21-22-13-19(25)9-8-18(22)14-28-24(21)26/h3-4,6-9,13-14,20,27,29H,2,10,12,15H2,1H3,(H2,26,28). The fraction of sp³-hybridized carbons (Fsp3) is 0.250. The van der Waals surface area contributed by atoms with Gasteiger partial charge in [-0.3, -0.25) is 4.79 Å². The van der Waals surface area contributed by atoms with E-state index in [1.54, 1.807) is 36.5 Å². The van der Waals surface area contributed by atoms with Gasteiger partial charge in [-0.15, -0.1) is 0 Å². The first kappa shape index (κ1) is 21.8. The number of hydrogen-bond acceptors (Lipinski definition) is 5. The van der Waals surface area contributed by atoms with Gasteiger partial charge in [0.05, 0.1) is 11.7 Å². The molecule has 30 heavy (non-hydrogen) atoms. The molecule has 1 atom stereocenters. The lowest BCUT2D eigenvalue weighted by Gasteiger charge is -2.10. The summed E-state index contributed by atoms with van der Waals surface area (Å²) in [5, 5.41) is 15.3. The number of aliphatic hydroxyl groups excluding tert-OH is 1. The summed E-state index contributed by atoms with van der Waals surface area (Å²) < 4.78 is 0. The highest BCUT2D eigenvalue weighted by atomic mass is 35.5. The van der Waals surface area contributed by atoms with Crippen molar-refractivity contribution in [1.82, 2.24) is 10.3 Å². The predicted molar refractivity (Wildman–Crippen MR) is 122 cm³/mol. The third-order valence-corrected chi connectivity index (χ3v) is 4.99. The van der Waals surface area contributed by atoms with Crippen LogP contribution in [0.2, 0.25) is 5.02 Å². The smallest absolute Gasteiger partial charge is 0.162 e. The van der Waals surface area contributed by atoms with Crippen LogP contribution in [0, 0.1) is 11.8 Å². The Morgan fingerprint density at radius 1 is 1.23 bits per heavy atom. The molecule has 5 nitrogen and oxygen atoms in total. The van der Waals surface area contributed by atoms with Crippen LogP contribution in [0.5, 0.6) is 0 Å².